The second-order valence-corrected chi connectivity index (χ2v) is 5.05. The molecule has 0 N–H and O–H groups in total. The van der Waals surface area contributed by atoms with Gasteiger partial charge in [0.1, 0.15) is 0 Å². The van der Waals surface area contributed by atoms with Crippen LogP contribution in [0.5, 0.6) is 0 Å². The number of hydrogen-bond acceptors (Lipinski definition) is 2. The van der Waals surface area contributed by atoms with Crippen LogP contribution < -0.4 is 0 Å². The molecule has 0 atom stereocenters. The molecule has 0 aliphatic heterocycles. The molecule has 0 fully saturated rings. The third kappa shape index (κ3) is 3.55. The molecule has 0 heterocycles. The number of hydrogen-bond donors (Lipinski definition) is 0. The van der Waals surface area contributed by atoms with Gasteiger partial charge in [-0.05, 0) is 48.5 Å². The monoisotopic (exact) mass is 173 g/mol. The molecular weight excluding hydrogens is 150 g/mol. The average molecular weight is 173 g/mol. The fourth-order valence-corrected chi connectivity index (χ4v) is 1.52. The Hall–Kier alpha value is -0.0800. The Balaban J connectivity index is 4.45. The quantitative estimate of drug-likeness (QED) is 0.595. The molecule has 0 amide bonds. The van der Waals surface area contributed by atoms with Crippen molar-refractivity contribution < 1.29 is 4.84 Å². The summed E-state index contributed by atoms with van der Waals surface area (Å²) in [7, 11) is 0. The number of nitrogens with zero attached hydrogens (tertiary/aromatic N) is 1. The lowest BCUT2D eigenvalue weighted by molar-refractivity contribution is -0.254. The SMILES string of the molecule is CCON(C(C)(C)C)C(C)(C)C. The maximum absolute atomic E-state index is 5.60. The van der Waals surface area contributed by atoms with Crippen molar-refractivity contribution in [1.82, 2.24) is 5.06 Å². The van der Waals surface area contributed by atoms with E-state index in [0.29, 0.717) is 0 Å². The van der Waals surface area contributed by atoms with E-state index >= 15 is 0 Å². The van der Waals surface area contributed by atoms with Gasteiger partial charge in [0.25, 0.3) is 0 Å². The van der Waals surface area contributed by atoms with Gasteiger partial charge in [-0.25, -0.2) is 0 Å². The van der Waals surface area contributed by atoms with Crippen LogP contribution in [-0.2, 0) is 4.84 Å². The first kappa shape index (κ1) is 11.9. The molecular formula is C10H23NO. The minimum Gasteiger partial charge on any atom is -0.298 e. The summed E-state index contributed by atoms with van der Waals surface area (Å²) in [4.78, 5) is 5.60. The van der Waals surface area contributed by atoms with Crippen LogP contribution in [0.1, 0.15) is 48.5 Å². The highest BCUT2D eigenvalue weighted by molar-refractivity contribution is 4.80. The van der Waals surface area contributed by atoms with Crippen LogP contribution in [0.2, 0.25) is 0 Å². The van der Waals surface area contributed by atoms with Crippen LogP contribution in [0.3, 0.4) is 0 Å². The summed E-state index contributed by atoms with van der Waals surface area (Å²) in [6.07, 6.45) is 0. The Kier molecular flexibility index (Phi) is 3.73. The average Bonchev–Trinajstić information content (AvgIpc) is 1.77. The van der Waals surface area contributed by atoms with Gasteiger partial charge in [-0.3, -0.25) is 4.84 Å². The van der Waals surface area contributed by atoms with E-state index in [4.69, 9.17) is 4.84 Å². The molecule has 0 saturated carbocycles. The van der Waals surface area contributed by atoms with Gasteiger partial charge in [0.15, 0.2) is 0 Å². The Morgan fingerprint density at radius 1 is 0.917 bits per heavy atom. The highest BCUT2D eigenvalue weighted by atomic mass is 16.7. The van der Waals surface area contributed by atoms with Gasteiger partial charge in [-0.2, -0.15) is 5.06 Å². The Morgan fingerprint density at radius 3 is 1.33 bits per heavy atom. The number of rotatable bonds is 2. The summed E-state index contributed by atoms with van der Waals surface area (Å²) in [6.45, 7) is 15.7. The van der Waals surface area contributed by atoms with Gasteiger partial charge in [-0.15, -0.1) is 0 Å². The van der Waals surface area contributed by atoms with Crippen molar-refractivity contribution in [2.75, 3.05) is 6.61 Å². The minimum absolute atomic E-state index is 0.0637. The van der Waals surface area contributed by atoms with Crippen LogP contribution in [0.15, 0.2) is 0 Å². The van der Waals surface area contributed by atoms with Gasteiger partial charge in [0, 0.05) is 11.1 Å². The normalized spacial score (nSPS) is 14.0. The summed E-state index contributed by atoms with van der Waals surface area (Å²) >= 11 is 0. The first-order valence-corrected chi connectivity index (χ1v) is 4.63. The van der Waals surface area contributed by atoms with Crippen LogP contribution >= 0.6 is 0 Å². The van der Waals surface area contributed by atoms with Gasteiger partial charge >= 0.3 is 0 Å². The molecule has 0 aromatic rings. The lowest BCUT2D eigenvalue weighted by atomic mass is 10.00. The first-order chi connectivity index (χ1) is 5.19. The molecule has 0 aromatic carbocycles. The molecule has 0 aliphatic rings. The third-order valence-electron chi connectivity index (χ3n) is 1.48. The Morgan fingerprint density at radius 2 is 1.25 bits per heavy atom. The molecule has 74 valence electrons. The first-order valence-electron chi connectivity index (χ1n) is 4.63. The van der Waals surface area contributed by atoms with E-state index in [9.17, 15) is 0 Å². The molecule has 0 unspecified atom stereocenters. The van der Waals surface area contributed by atoms with E-state index in [-0.39, 0.29) is 11.1 Å². The lowest BCUT2D eigenvalue weighted by Gasteiger charge is -2.43. The molecule has 2 nitrogen and oxygen atoms in total. The van der Waals surface area contributed by atoms with Gasteiger partial charge in [0.2, 0.25) is 0 Å². The number of hydroxylamine groups is 2. The summed E-state index contributed by atoms with van der Waals surface area (Å²) in [6, 6.07) is 0. The fraction of sp³-hybridized carbons (Fsp3) is 1.00. The standard InChI is InChI=1S/C10H23NO/c1-8-12-11(9(2,3)4)10(5,6)7/h8H2,1-7H3. The van der Waals surface area contributed by atoms with Crippen molar-refractivity contribution in [3.63, 3.8) is 0 Å². The van der Waals surface area contributed by atoms with Crippen LogP contribution in [0, 0.1) is 0 Å². The predicted molar refractivity (Wildman–Crippen MR) is 53.0 cm³/mol. The van der Waals surface area contributed by atoms with E-state index in [1.54, 1.807) is 0 Å². The largest absolute Gasteiger partial charge is 0.298 e. The van der Waals surface area contributed by atoms with Gasteiger partial charge < -0.3 is 0 Å². The highest BCUT2D eigenvalue weighted by Gasteiger charge is 2.32. The Labute approximate surface area is 76.9 Å². The van der Waals surface area contributed by atoms with Crippen molar-refractivity contribution in [3.05, 3.63) is 0 Å². The van der Waals surface area contributed by atoms with Crippen LogP contribution in [0.4, 0.5) is 0 Å². The smallest absolute Gasteiger partial charge is 0.0657 e. The molecule has 0 aromatic heterocycles. The molecule has 0 saturated heterocycles. The van der Waals surface area contributed by atoms with Crippen molar-refractivity contribution in [1.29, 1.82) is 0 Å². The van der Waals surface area contributed by atoms with Crippen LogP contribution in [0.25, 0.3) is 0 Å². The summed E-state index contributed by atoms with van der Waals surface area (Å²) in [5.74, 6) is 0. The zero-order valence-electron chi connectivity index (χ0n) is 9.56. The van der Waals surface area contributed by atoms with Crippen molar-refractivity contribution in [2.45, 2.75) is 59.5 Å². The van der Waals surface area contributed by atoms with E-state index in [0.717, 1.165) is 6.61 Å². The van der Waals surface area contributed by atoms with Gasteiger partial charge in [0.05, 0.1) is 6.61 Å². The maximum Gasteiger partial charge on any atom is 0.0657 e. The Bertz CT molecular complexity index is 116. The summed E-state index contributed by atoms with van der Waals surface area (Å²) in [5.41, 5.74) is 0.127. The zero-order chi connectivity index (χ0) is 9.99. The fourth-order valence-electron chi connectivity index (χ4n) is 1.52. The van der Waals surface area contributed by atoms with Gasteiger partial charge in [-0.1, -0.05) is 0 Å². The van der Waals surface area contributed by atoms with Crippen molar-refractivity contribution in [3.8, 4) is 0 Å². The highest BCUT2D eigenvalue weighted by Crippen LogP contribution is 2.24. The van der Waals surface area contributed by atoms with Crippen molar-refractivity contribution in [2.24, 2.45) is 0 Å². The van der Waals surface area contributed by atoms with E-state index in [1.807, 2.05) is 6.92 Å². The van der Waals surface area contributed by atoms with E-state index in [1.165, 1.54) is 0 Å². The van der Waals surface area contributed by atoms with Crippen molar-refractivity contribution >= 4 is 0 Å². The van der Waals surface area contributed by atoms with E-state index in [2.05, 4.69) is 46.6 Å². The third-order valence-corrected chi connectivity index (χ3v) is 1.48. The maximum atomic E-state index is 5.60. The summed E-state index contributed by atoms with van der Waals surface area (Å²) < 4.78 is 0. The van der Waals surface area contributed by atoms with E-state index < -0.39 is 0 Å². The zero-order valence-corrected chi connectivity index (χ0v) is 9.56. The molecule has 0 aliphatic carbocycles. The molecule has 2 heteroatoms. The molecule has 0 spiro atoms. The molecule has 12 heavy (non-hydrogen) atoms. The summed E-state index contributed by atoms with van der Waals surface area (Å²) in [5, 5.41) is 2.06. The van der Waals surface area contributed by atoms with Crippen LogP contribution in [-0.4, -0.2) is 22.7 Å². The topological polar surface area (TPSA) is 12.5 Å². The second kappa shape index (κ2) is 3.75. The predicted octanol–water partition coefficient (Wildman–Crippen LogP) is 2.84. The molecule has 0 rings (SSSR count). The minimum atomic E-state index is 0.0637. The molecule has 0 radical (unpaired) electrons. The second-order valence-electron chi connectivity index (χ2n) is 5.05. The lowest BCUT2D eigenvalue weighted by Crippen LogP contribution is -2.52. The molecule has 0 bridgehead atoms.